The number of fused-ring (bicyclic) bond motifs is 1. The Morgan fingerprint density at radius 1 is 1.03 bits per heavy atom. The quantitative estimate of drug-likeness (QED) is 0.489. The largest absolute Gasteiger partial charge is 0.385 e. The van der Waals surface area contributed by atoms with Crippen molar-refractivity contribution < 1.29 is 9.53 Å². The van der Waals surface area contributed by atoms with Crippen LogP contribution in [0.1, 0.15) is 40.4 Å². The molecule has 0 aromatic heterocycles. The SMILES string of the molecule is CCOC.O=C(NCc1ccc(S)cc1)c1ccc2c(c1)CCCN2Cc1ccccc1. The Labute approximate surface area is 197 Å². The van der Waals surface area contributed by atoms with E-state index in [-0.39, 0.29) is 5.91 Å². The zero-order valence-corrected chi connectivity index (χ0v) is 19.8. The molecule has 3 aromatic carbocycles. The third-order valence-electron chi connectivity index (χ3n) is 5.45. The molecule has 1 N–H and O–H groups in total. The second-order valence-electron chi connectivity index (χ2n) is 7.78. The molecule has 168 valence electrons. The first-order valence-electron chi connectivity index (χ1n) is 11.1. The summed E-state index contributed by atoms with van der Waals surface area (Å²) in [6, 6.07) is 24.5. The first-order valence-corrected chi connectivity index (χ1v) is 11.5. The lowest BCUT2D eigenvalue weighted by Crippen LogP contribution is -2.29. The van der Waals surface area contributed by atoms with E-state index in [4.69, 9.17) is 0 Å². The average Bonchev–Trinajstić information content (AvgIpc) is 2.84. The normalized spacial score (nSPS) is 12.4. The van der Waals surface area contributed by atoms with Crippen molar-refractivity contribution in [2.45, 2.75) is 37.8 Å². The maximum Gasteiger partial charge on any atom is 0.251 e. The number of nitrogens with one attached hydrogen (secondary N) is 1. The summed E-state index contributed by atoms with van der Waals surface area (Å²) in [5, 5.41) is 3.02. The molecule has 3 aromatic rings. The number of methoxy groups -OCH3 is 1. The van der Waals surface area contributed by atoms with Crippen LogP contribution in [-0.4, -0.2) is 26.2 Å². The Morgan fingerprint density at radius 3 is 2.44 bits per heavy atom. The second kappa shape index (κ2) is 12.3. The molecule has 0 spiro atoms. The highest BCUT2D eigenvalue weighted by atomic mass is 32.1. The number of hydrogen-bond donors (Lipinski definition) is 2. The van der Waals surface area contributed by atoms with Gasteiger partial charge >= 0.3 is 0 Å². The van der Waals surface area contributed by atoms with Crippen molar-refractivity contribution in [1.29, 1.82) is 0 Å². The smallest absolute Gasteiger partial charge is 0.251 e. The fourth-order valence-electron chi connectivity index (χ4n) is 3.68. The van der Waals surface area contributed by atoms with Gasteiger partial charge in [-0.2, -0.15) is 0 Å². The van der Waals surface area contributed by atoms with Gasteiger partial charge in [0.15, 0.2) is 0 Å². The topological polar surface area (TPSA) is 41.6 Å². The molecule has 0 aliphatic carbocycles. The first kappa shape index (κ1) is 23.9. The number of amides is 1. The Balaban J connectivity index is 0.000000668. The lowest BCUT2D eigenvalue weighted by molar-refractivity contribution is 0.0951. The fourth-order valence-corrected chi connectivity index (χ4v) is 3.83. The van der Waals surface area contributed by atoms with Crippen molar-refractivity contribution in [3.63, 3.8) is 0 Å². The van der Waals surface area contributed by atoms with Gasteiger partial charge in [0, 0.05) is 49.5 Å². The van der Waals surface area contributed by atoms with E-state index in [9.17, 15) is 4.79 Å². The summed E-state index contributed by atoms with van der Waals surface area (Å²) in [6.45, 7) is 5.25. The van der Waals surface area contributed by atoms with E-state index in [1.807, 2.05) is 43.3 Å². The maximum atomic E-state index is 12.6. The van der Waals surface area contributed by atoms with Gasteiger partial charge in [-0.15, -0.1) is 12.6 Å². The molecular formula is C27H32N2O2S. The zero-order valence-electron chi connectivity index (χ0n) is 18.9. The fraction of sp³-hybridized carbons (Fsp3) is 0.296. The van der Waals surface area contributed by atoms with Gasteiger partial charge in [-0.05, 0) is 66.8 Å². The van der Waals surface area contributed by atoms with Gasteiger partial charge in [-0.25, -0.2) is 0 Å². The molecule has 1 aliphatic heterocycles. The molecule has 5 heteroatoms. The van der Waals surface area contributed by atoms with Gasteiger partial charge in [-0.3, -0.25) is 4.79 Å². The van der Waals surface area contributed by atoms with Gasteiger partial charge in [0.05, 0.1) is 0 Å². The highest BCUT2D eigenvalue weighted by molar-refractivity contribution is 7.80. The predicted octanol–water partition coefficient (Wildman–Crippen LogP) is 5.51. The van der Waals surface area contributed by atoms with Crippen LogP contribution in [-0.2, 0) is 24.2 Å². The van der Waals surface area contributed by atoms with Crippen molar-refractivity contribution >= 4 is 24.2 Å². The Hall–Kier alpha value is -2.76. The highest BCUT2D eigenvalue weighted by Crippen LogP contribution is 2.29. The van der Waals surface area contributed by atoms with E-state index in [2.05, 4.69) is 64.0 Å². The highest BCUT2D eigenvalue weighted by Gasteiger charge is 2.18. The van der Waals surface area contributed by atoms with Crippen LogP contribution in [0.15, 0.2) is 77.7 Å². The van der Waals surface area contributed by atoms with Crippen LogP contribution < -0.4 is 10.2 Å². The number of carbonyl (C=O) groups is 1. The second-order valence-corrected chi connectivity index (χ2v) is 8.30. The Kier molecular flexibility index (Phi) is 9.20. The summed E-state index contributed by atoms with van der Waals surface area (Å²) >= 11 is 4.29. The minimum Gasteiger partial charge on any atom is -0.385 e. The van der Waals surface area contributed by atoms with Gasteiger partial charge < -0.3 is 15.0 Å². The summed E-state index contributed by atoms with van der Waals surface area (Å²) in [5.41, 5.74) is 5.61. The molecule has 0 saturated heterocycles. The number of hydrogen-bond acceptors (Lipinski definition) is 4. The molecule has 32 heavy (non-hydrogen) atoms. The van der Waals surface area contributed by atoms with E-state index in [1.54, 1.807) is 7.11 Å². The first-order chi connectivity index (χ1) is 15.6. The van der Waals surface area contributed by atoms with Crippen LogP contribution in [0, 0.1) is 0 Å². The number of nitrogens with zero attached hydrogens (tertiary/aromatic N) is 1. The summed E-state index contributed by atoms with van der Waals surface area (Å²) in [4.78, 5) is 15.9. The maximum absolute atomic E-state index is 12.6. The monoisotopic (exact) mass is 448 g/mol. The van der Waals surface area contributed by atoms with E-state index >= 15 is 0 Å². The van der Waals surface area contributed by atoms with Crippen molar-refractivity contribution in [2.75, 3.05) is 25.2 Å². The number of rotatable bonds is 6. The number of thiol groups is 1. The average molecular weight is 449 g/mol. The van der Waals surface area contributed by atoms with Crippen LogP contribution in [0.25, 0.3) is 0 Å². The number of ether oxygens (including phenoxy) is 1. The minimum atomic E-state index is -0.0297. The van der Waals surface area contributed by atoms with E-state index in [0.717, 1.165) is 48.6 Å². The van der Waals surface area contributed by atoms with Gasteiger partial charge in [-0.1, -0.05) is 42.5 Å². The molecule has 0 atom stereocenters. The molecule has 0 radical (unpaired) electrons. The van der Waals surface area contributed by atoms with Gasteiger partial charge in [0.25, 0.3) is 5.91 Å². The molecular weight excluding hydrogens is 416 g/mol. The molecule has 4 nitrogen and oxygen atoms in total. The summed E-state index contributed by atoms with van der Waals surface area (Å²) in [5.74, 6) is -0.0297. The number of carbonyl (C=O) groups excluding carboxylic acids is 1. The zero-order chi connectivity index (χ0) is 22.8. The number of aryl methyl sites for hydroxylation is 1. The summed E-state index contributed by atoms with van der Waals surface area (Å²) in [7, 11) is 1.68. The van der Waals surface area contributed by atoms with E-state index < -0.39 is 0 Å². The number of anilines is 1. The molecule has 4 rings (SSSR count). The molecule has 1 aliphatic rings. The van der Waals surface area contributed by atoms with Crippen molar-refractivity contribution in [2.24, 2.45) is 0 Å². The molecule has 0 saturated carbocycles. The Morgan fingerprint density at radius 2 is 1.75 bits per heavy atom. The molecule has 1 heterocycles. The molecule has 0 unspecified atom stereocenters. The van der Waals surface area contributed by atoms with Crippen LogP contribution >= 0.6 is 12.6 Å². The minimum absolute atomic E-state index is 0.0297. The van der Waals surface area contributed by atoms with Crippen LogP contribution in [0.4, 0.5) is 5.69 Å². The van der Waals surface area contributed by atoms with Gasteiger partial charge in [0.1, 0.15) is 0 Å². The van der Waals surface area contributed by atoms with Crippen molar-refractivity contribution in [1.82, 2.24) is 5.32 Å². The van der Waals surface area contributed by atoms with E-state index in [0.29, 0.717) is 6.54 Å². The van der Waals surface area contributed by atoms with Crippen LogP contribution in [0.2, 0.25) is 0 Å². The summed E-state index contributed by atoms with van der Waals surface area (Å²) in [6.07, 6.45) is 2.13. The number of benzene rings is 3. The molecule has 0 bridgehead atoms. The van der Waals surface area contributed by atoms with Crippen LogP contribution in [0.5, 0.6) is 0 Å². The third-order valence-corrected chi connectivity index (χ3v) is 5.75. The van der Waals surface area contributed by atoms with Crippen molar-refractivity contribution in [3.8, 4) is 0 Å². The standard InChI is InChI=1S/C24H24N2OS.C3H8O/c27-24(25-16-18-8-11-22(28)12-9-18)21-10-13-23-20(15-21)7-4-14-26(23)17-19-5-2-1-3-6-19;1-3-4-2/h1-3,5-6,8-13,15,28H,4,7,14,16-17H2,(H,25,27);3H2,1-2H3. The van der Waals surface area contributed by atoms with E-state index in [1.165, 1.54) is 16.8 Å². The lowest BCUT2D eigenvalue weighted by atomic mass is 9.98. The van der Waals surface area contributed by atoms with Crippen molar-refractivity contribution in [3.05, 3.63) is 95.1 Å². The third kappa shape index (κ3) is 6.87. The predicted molar refractivity (Wildman–Crippen MR) is 135 cm³/mol. The lowest BCUT2D eigenvalue weighted by Gasteiger charge is -2.31. The van der Waals surface area contributed by atoms with Gasteiger partial charge in [0.2, 0.25) is 0 Å². The Bertz CT molecular complexity index is 988. The molecule has 1 amide bonds. The molecule has 0 fully saturated rings. The summed E-state index contributed by atoms with van der Waals surface area (Å²) < 4.78 is 4.54. The van der Waals surface area contributed by atoms with Crippen LogP contribution in [0.3, 0.4) is 0 Å².